The quantitative estimate of drug-likeness (QED) is 0.844. The first-order chi connectivity index (χ1) is 8.65. The molecule has 0 fully saturated rings. The molecule has 0 spiro atoms. The van der Waals surface area contributed by atoms with E-state index in [4.69, 9.17) is 12.2 Å². The number of rotatable bonds is 5. The molecule has 0 unspecified atom stereocenters. The van der Waals surface area contributed by atoms with E-state index in [0.717, 1.165) is 40.9 Å². The normalized spacial score (nSPS) is 11.6. The molecule has 0 aliphatic rings. The zero-order valence-electron chi connectivity index (χ0n) is 10.7. The first-order valence-corrected chi connectivity index (χ1v) is 7.46. The lowest BCUT2D eigenvalue weighted by molar-refractivity contribution is 0.291. The zero-order valence-corrected chi connectivity index (χ0v) is 13.1. The molecule has 18 heavy (non-hydrogen) atoms. The van der Waals surface area contributed by atoms with E-state index in [1.807, 2.05) is 6.07 Å². The molecule has 1 N–H and O–H groups in total. The fourth-order valence-corrected chi connectivity index (χ4v) is 2.78. The first kappa shape index (κ1) is 13.8. The van der Waals surface area contributed by atoms with E-state index in [-0.39, 0.29) is 0 Å². The molecule has 0 atom stereocenters. The number of halogens is 1. The van der Waals surface area contributed by atoms with E-state index in [9.17, 15) is 0 Å². The minimum atomic E-state index is 0.801. The summed E-state index contributed by atoms with van der Waals surface area (Å²) in [4.78, 5) is 5.65. The summed E-state index contributed by atoms with van der Waals surface area (Å²) in [5.74, 6) is 0. The van der Waals surface area contributed by atoms with Crippen LogP contribution in [0.2, 0.25) is 0 Å². The lowest BCUT2D eigenvalue weighted by Gasteiger charge is -2.18. The van der Waals surface area contributed by atoms with Crippen molar-refractivity contribution in [2.75, 3.05) is 19.6 Å². The number of nitrogens with one attached hydrogen (secondary N) is 1. The van der Waals surface area contributed by atoms with Gasteiger partial charge >= 0.3 is 0 Å². The van der Waals surface area contributed by atoms with Crippen molar-refractivity contribution in [2.24, 2.45) is 0 Å². The summed E-state index contributed by atoms with van der Waals surface area (Å²) < 4.78 is 4.06. The van der Waals surface area contributed by atoms with Gasteiger partial charge in [-0.25, -0.2) is 0 Å². The van der Waals surface area contributed by atoms with Crippen LogP contribution in [0.15, 0.2) is 22.7 Å². The molecule has 3 nitrogen and oxygen atoms in total. The Labute approximate surface area is 121 Å². The molecule has 0 saturated heterocycles. The molecule has 0 bridgehead atoms. The molecule has 0 aliphatic carbocycles. The fourth-order valence-electron chi connectivity index (χ4n) is 2.13. The van der Waals surface area contributed by atoms with Crippen LogP contribution in [0.1, 0.15) is 13.8 Å². The van der Waals surface area contributed by atoms with Crippen LogP contribution in [0.3, 0.4) is 0 Å². The first-order valence-electron chi connectivity index (χ1n) is 6.26. The average Bonchev–Trinajstić information content (AvgIpc) is 2.66. The van der Waals surface area contributed by atoms with Gasteiger partial charge in [0.1, 0.15) is 0 Å². The molecular weight excluding hydrogens is 310 g/mol. The van der Waals surface area contributed by atoms with Crippen molar-refractivity contribution in [1.29, 1.82) is 0 Å². The highest BCUT2D eigenvalue weighted by molar-refractivity contribution is 9.10. The highest BCUT2D eigenvalue weighted by Gasteiger charge is 2.06. The summed E-state index contributed by atoms with van der Waals surface area (Å²) in [5, 5.41) is 0. The SMILES string of the molecule is CCN(CC)CCn1c(=S)[nH]c2ccc(Br)cc21. The van der Waals surface area contributed by atoms with Crippen LogP contribution in [0.5, 0.6) is 0 Å². The maximum Gasteiger partial charge on any atom is 0.178 e. The number of likely N-dealkylation sites (N-methyl/N-ethyl adjacent to an activating group) is 1. The van der Waals surface area contributed by atoms with Crippen molar-refractivity contribution >= 4 is 39.2 Å². The zero-order chi connectivity index (χ0) is 13.1. The molecule has 1 heterocycles. The summed E-state index contributed by atoms with van der Waals surface area (Å²) >= 11 is 8.91. The van der Waals surface area contributed by atoms with Gasteiger partial charge in [0.2, 0.25) is 0 Å². The molecule has 2 aromatic rings. The Balaban J connectivity index is 2.29. The monoisotopic (exact) mass is 327 g/mol. The van der Waals surface area contributed by atoms with Gasteiger partial charge in [-0.15, -0.1) is 0 Å². The lowest BCUT2D eigenvalue weighted by Crippen LogP contribution is -2.27. The van der Waals surface area contributed by atoms with Gasteiger partial charge in [-0.3, -0.25) is 0 Å². The molecule has 0 radical (unpaired) electrons. The number of nitrogens with zero attached hydrogens (tertiary/aromatic N) is 2. The molecule has 5 heteroatoms. The maximum absolute atomic E-state index is 5.39. The summed E-state index contributed by atoms with van der Waals surface area (Å²) in [6, 6.07) is 6.20. The Bertz CT molecular complexity index is 583. The second kappa shape index (κ2) is 5.99. The van der Waals surface area contributed by atoms with Crippen LogP contribution in [0, 0.1) is 4.77 Å². The Morgan fingerprint density at radius 3 is 2.72 bits per heavy atom. The van der Waals surface area contributed by atoms with Crippen LogP contribution in [0.25, 0.3) is 11.0 Å². The maximum atomic E-state index is 5.39. The van der Waals surface area contributed by atoms with E-state index < -0.39 is 0 Å². The highest BCUT2D eigenvalue weighted by atomic mass is 79.9. The molecule has 1 aromatic heterocycles. The van der Waals surface area contributed by atoms with Crippen LogP contribution in [0.4, 0.5) is 0 Å². The van der Waals surface area contributed by atoms with Crippen molar-refractivity contribution in [3.8, 4) is 0 Å². The van der Waals surface area contributed by atoms with E-state index >= 15 is 0 Å². The minimum Gasteiger partial charge on any atom is -0.331 e. The van der Waals surface area contributed by atoms with E-state index in [2.05, 4.69) is 56.4 Å². The number of imidazole rings is 1. The molecular formula is C13H18BrN3S. The third-order valence-corrected chi connectivity index (χ3v) is 4.09. The van der Waals surface area contributed by atoms with Crippen molar-refractivity contribution in [3.63, 3.8) is 0 Å². The smallest absolute Gasteiger partial charge is 0.178 e. The number of fused-ring (bicyclic) bond motifs is 1. The van der Waals surface area contributed by atoms with Gasteiger partial charge in [-0.2, -0.15) is 0 Å². The van der Waals surface area contributed by atoms with Gasteiger partial charge in [0, 0.05) is 17.6 Å². The minimum absolute atomic E-state index is 0.801. The predicted molar refractivity (Wildman–Crippen MR) is 82.6 cm³/mol. The average molecular weight is 328 g/mol. The molecule has 2 rings (SSSR count). The van der Waals surface area contributed by atoms with Crippen molar-refractivity contribution in [1.82, 2.24) is 14.5 Å². The van der Waals surface area contributed by atoms with Gasteiger partial charge in [-0.05, 0) is 43.5 Å². The molecule has 1 aromatic carbocycles. The molecule has 98 valence electrons. The summed E-state index contributed by atoms with van der Waals surface area (Å²) in [7, 11) is 0. The largest absolute Gasteiger partial charge is 0.331 e. The number of hydrogen-bond acceptors (Lipinski definition) is 2. The molecule has 0 saturated carbocycles. The second-order valence-corrected chi connectivity index (χ2v) is 5.57. The standard InChI is InChI=1S/C13H18BrN3S/c1-3-16(4-2)7-8-17-12-9-10(14)5-6-11(12)15-13(17)18/h5-6,9H,3-4,7-8H2,1-2H3,(H,15,18). The van der Waals surface area contributed by atoms with Crippen LogP contribution >= 0.6 is 28.1 Å². The highest BCUT2D eigenvalue weighted by Crippen LogP contribution is 2.19. The number of benzene rings is 1. The van der Waals surface area contributed by atoms with Gasteiger partial charge in [0.25, 0.3) is 0 Å². The third kappa shape index (κ3) is 2.84. The van der Waals surface area contributed by atoms with Gasteiger partial charge in [0.05, 0.1) is 11.0 Å². The van der Waals surface area contributed by atoms with E-state index in [1.165, 1.54) is 5.52 Å². The number of aromatic amines is 1. The summed E-state index contributed by atoms with van der Waals surface area (Å²) in [5.41, 5.74) is 2.27. The summed E-state index contributed by atoms with van der Waals surface area (Å²) in [6.07, 6.45) is 0. The Hall–Kier alpha value is -0.650. The number of hydrogen-bond donors (Lipinski definition) is 1. The number of aromatic nitrogens is 2. The van der Waals surface area contributed by atoms with Crippen LogP contribution in [-0.4, -0.2) is 34.1 Å². The van der Waals surface area contributed by atoms with Gasteiger partial charge in [0.15, 0.2) is 4.77 Å². The number of H-pyrrole nitrogens is 1. The lowest BCUT2D eigenvalue weighted by atomic mass is 10.3. The van der Waals surface area contributed by atoms with Crippen LogP contribution < -0.4 is 0 Å². The Kier molecular flexibility index (Phi) is 4.59. The third-order valence-electron chi connectivity index (χ3n) is 3.27. The molecule has 0 aliphatic heterocycles. The van der Waals surface area contributed by atoms with E-state index in [1.54, 1.807) is 0 Å². The Morgan fingerprint density at radius 2 is 2.06 bits per heavy atom. The second-order valence-electron chi connectivity index (χ2n) is 4.27. The van der Waals surface area contributed by atoms with Crippen molar-refractivity contribution in [2.45, 2.75) is 20.4 Å². The van der Waals surface area contributed by atoms with Gasteiger partial charge < -0.3 is 14.5 Å². The van der Waals surface area contributed by atoms with Crippen LogP contribution in [-0.2, 0) is 6.54 Å². The fraction of sp³-hybridized carbons (Fsp3) is 0.462. The van der Waals surface area contributed by atoms with Gasteiger partial charge in [-0.1, -0.05) is 29.8 Å². The Morgan fingerprint density at radius 1 is 1.33 bits per heavy atom. The topological polar surface area (TPSA) is 24.0 Å². The predicted octanol–water partition coefficient (Wildman–Crippen LogP) is 3.80. The summed E-state index contributed by atoms with van der Waals surface area (Å²) in [6.45, 7) is 8.49. The molecule has 0 amide bonds. The van der Waals surface area contributed by atoms with Crippen molar-refractivity contribution in [3.05, 3.63) is 27.4 Å². The van der Waals surface area contributed by atoms with Crippen molar-refractivity contribution < 1.29 is 0 Å². The van der Waals surface area contributed by atoms with E-state index in [0.29, 0.717) is 0 Å².